The van der Waals surface area contributed by atoms with Crippen molar-refractivity contribution in [1.29, 1.82) is 0 Å². The Morgan fingerprint density at radius 2 is 1.96 bits per heavy atom. The van der Waals surface area contributed by atoms with Crippen molar-refractivity contribution in [3.8, 4) is 0 Å². The van der Waals surface area contributed by atoms with E-state index >= 15 is 0 Å². The fraction of sp³-hybridized carbons (Fsp3) is 0.524. The molecule has 0 aliphatic carbocycles. The molecule has 0 bridgehead atoms. The van der Waals surface area contributed by atoms with Gasteiger partial charge < -0.3 is 14.2 Å². The molecule has 28 heavy (non-hydrogen) atoms. The summed E-state index contributed by atoms with van der Waals surface area (Å²) in [7, 11) is 0. The normalized spacial score (nSPS) is 17.5. The molecule has 7 nitrogen and oxygen atoms in total. The number of amides is 1. The van der Waals surface area contributed by atoms with E-state index in [0.717, 1.165) is 0 Å². The van der Waals surface area contributed by atoms with Crippen LogP contribution in [-0.2, 0) is 21.4 Å². The van der Waals surface area contributed by atoms with E-state index < -0.39 is 0 Å². The first-order valence-electron chi connectivity index (χ1n) is 9.63. The lowest BCUT2D eigenvalue weighted by Gasteiger charge is -2.35. The summed E-state index contributed by atoms with van der Waals surface area (Å²) in [4.78, 5) is 31.4. The van der Waals surface area contributed by atoms with E-state index in [1.807, 2.05) is 39.0 Å². The third kappa shape index (κ3) is 5.04. The van der Waals surface area contributed by atoms with E-state index in [1.165, 1.54) is 0 Å². The van der Waals surface area contributed by atoms with Gasteiger partial charge in [0, 0.05) is 36.8 Å². The molecule has 0 unspecified atom stereocenters. The molecule has 1 aliphatic rings. The summed E-state index contributed by atoms with van der Waals surface area (Å²) in [6.07, 6.45) is 0.908. The minimum absolute atomic E-state index is 0.0145. The number of carbonyl (C=O) groups excluding carboxylic acids is 2. The third-order valence-electron chi connectivity index (χ3n) is 4.76. The zero-order valence-corrected chi connectivity index (χ0v) is 16.7. The average Bonchev–Trinajstić information content (AvgIpc) is 3.17. The summed E-state index contributed by atoms with van der Waals surface area (Å²) in [6, 6.07) is 8.88. The average molecular weight is 385 g/mol. The maximum absolute atomic E-state index is 12.8. The van der Waals surface area contributed by atoms with Crippen molar-refractivity contribution in [1.82, 2.24) is 15.0 Å². The van der Waals surface area contributed by atoms with Crippen LogP contribution in [-0.4, -0.2) is 52.5 Å². The maximum atomic E-state index is 12.8. The van der Waals surface area contributed by atoms with Crippen LogP contribution in [0.2, 0.25) is 0 Å². The number of aryl methyl sites for hydroxylation is 1. The Morgan fingerprint density at radius 3 is 2.64 bits per heavy atom. The fourth-order valence-electron chi connectivity index (χ4n) is 3.13. The Bertz CT molecular complexity index is 811. The maximum Gasteiger partial charge on any atom is 0.227 e. The van der Waals surface area contributed by atoms with Crippen LogP contribution in [0, 0.1) is 0 Å². The molecule has 150 valence electrons. The van der Waals surface area contributed by atoms with Gasteiger partial charge in [0.25, 0.3) is 0 Å². The first-order chi connectivity index (χ1) is 13.3. The predicted octanol–water partition coefficient (Wildman–Crippen LogP) is 2.80. The van der Waals surface area contributed by atoms with Gasteiger partial charge >= 0.3 is 0 Å². The van der Waals surface area contributed by atoms with Gasteiger partial charge in [-0.25, -0.2) is 0 Å². The number of morpholine rings is 1. The SMILES string of the molecule is CC(C)(C)c1noc(CCC(=O)N2CCOC[C@H]2CC(=O)c2ccccc2)n1. The second kappa shape index (κ2) is 8.65. The highest BCUT2D eigenvalue weighted by Gasteiger charge is 2.29. The standard InChI is InChI=1S/C21H27N3O4/c1-21(2,3)20-22-18(28-23-20)9-10-19(26)24-11-12-27-14-16(24)13-17(25)15-7-5-4-6-8-15/h4-8,16H,9-14H2,1-3H3/t16-/m1/s1. The van der Waals surface area contributed by atoms with Crippen molar-refractivity contribution in [2.45, 2.75) is 51.5 Å². The number of rotatable bonds is 6. The van der Waals surface area contributed by atoms with Crippen LogP contribution in [0.5, 0.6) is 0 Å². The van der Waals surface area contributed by atoms with Crippen molar-refractivity contribution in [2.24, 2.45) is 0 Å². The molecule has 1 aliphatic heterocycles. The summed E-state index contributed by atoms with van der Waals surface area (Å²) in [5, 5.41) is 3.99. The number of aromatic nitrogens is 2. The van der Waals surface area contributed by atoms with Gasteiger partial charge in [0.05, 0.1) is 19.3 Å². The summed E-state index contributed by atoms with van der Waals surface area (Å²) in [6.45, 7) is 7.37. The molecule has 1 amide bonds. The van der Waals surface area contributed by atoms with Crippen molar-refractivity contribution in [3.05, 3.63) is 47.6 Å². The zero-order valence-electron chi connectivity index (χ0n) is 16.7. The molecule has 2 aromatic rings. The minimum Gasteiger partial charge on any atom is -0.377 e. The highest BCUT2D eigenvalue weighted by atomic mass is 16.5. The van der Waals surface area contributed by atoms with Crippen LogP contribution in [0.1, 0.15) is 55.7 Å². The molecule has 3 rings (SSSR count). The van der Waals surface area contributed by atoms with Crippen LogP contribution in [0.25, 0.3) is 0 Å². The van der Waals surface area contributed by atoms with E-state index in [2.05, 4.69) is 10.1 Å². The fourth-order valence-corrected chi connectivity index (χ4v) is 3.13. The molecule has 7 heteroatoms. The number of nitrogens with zero attached hydrogens (tertiary/aromatic N) is 3. The van der Waals surface area contributed by atoms with Crippen molar-refractivity contribution < 1.29 is 18.8 Å². The molecule has 2 heterocycles. The monoisotopic (exact) mass is 385 g/mol. The minimum atomic E-state index is -0.248. The number of hydrogen-bond acceptors (Lipinski definition) is 6. The summed E-state index contributed by atoms with van der Waals surface area (Å²) in [5.41, 5.74) is 0.458. The van der Waals surface area contributed by atoms with E-state index in [4.69, 9.17) is 9.26 Å². The highest BCUT2D eigenvalue weighted by Crippen LogP contribution is 2.20. The molecule has 0 saturated carbocycles. The topological polar surface area (TPSA) is 85.5 Å². The van der Waals surface area contributed by atoms with Crippen LogP contribution < -0.4 is 0 Å². The largest absolute Gasteiger partial charge is 0.377 e. The van der Waals surface area contributed by atoms with Gasteiger partial charge in [-0.05, 0) is 0 Å². The lowest BCUT2D eigenvalue weighted by molar-refractivity contribution is -0.139. The Kier molecular flexibility index (Phi) is 6.24. The smallest absolute Gasteiger partial charge is 0.227 e. The Hall–Kier alpha value is -2.54. The molecular weight excluding hydrogens is 358 g/mol. The second-order valence-electron chi connectivity index (χ2n) is 8.07. The van der Waals surface area contributed by atoms with Crippen molar-refractivity contribution >= 4 is 11.7 Å². The Labute approximate surface area is 165 Å². The van der Waals surface area contributed by atoms with E-state index in [9.17, 15) is 9.59 Å². The summed E-state index contributed by atoms with van der Waals surface area (Å²) < 4.78 is 10.8. The predicted molar refractivity (Wildman–Crippen MR) is 103 cm³/mol. The summed E-state index contributed by atoms with van der Waals surface area (Å²) in [5.74, 6) is 1.08. The van der Waals surface area contributed by atoms with Crippen LogP contribution in [0.15, 0.2) is 34.9 Å². The third-order valence-corrected chi connectivity index (χ3v) is 4.76. The van der Waals surface area contributed by atoms with Gasteiger partial charge in [-0.15, -0.1) is 0 Å². The lowest BCUT2D eigenvalue weighted by Crippen LogP contribution is -2.49. The van der Waals surface area contributed by atoms with Crippen LogP contribution in [0.3, 0.4) is 0 Å². The molecule has 1 aromatic heterocycles. The molecule has 1 atom stereocenters. The number of benzene rings is 1. The highest BCUT2D eigenvalue weighted by molar-refractivity contribution is 5.96. The molecule has 0 radical (unpaired) electrons. The molecule has 0 spiro atoms. The Balaban J connectivity index is 1.59. The number of Topliss-reactive ketones (excluding diaryl/α,β-unsaturated/α-hetero) is 1. The molecule has 0 N–H and O–H groups in total. The van der Waals surface area contributed by atoms with Crippen molar-refractivity contribution in [3.63, 3.8) is 0 Å². The lowest BCUT2D eigenvalue weighted by atomic mass is 9.96. The Morgan fingerprint density at radius 1 is 1.21 bits per heavy atom. The number of ether oxygens (including phenoxy) is 1. The molecular formula is C21H27N3O4. The van der Waals surface area contributed by atoms with Gasteiger partial charge in [-0.3, -0.25) is 9.59 Å². The number of ketones is 1. The van der Waals surface area contributed by atoms with Crippen molar-refractivity contribution in [2.75, 3.05) is 19.8 Å². The van der Waals surface area contributed by atoms with Gasteiger partial charge in [-0.2, -0.15) is 4.98 Å². The van der Waals surface area contributed by atoms with Gasteiger partial charge in [0.2, 0.25) is 11.8 Å². The first-order valence-corrected chi connectivity index (χ1v) is 9.63. The van der Waals surface area contributed by atoms with E-state index in [1.54, 1.807) is 17.0 Å². The van der Waals surface area contributed by atoms with Gasteiger partial charge in [0.15, 0.2) is 11.6 Å². The van der Waals surface area contributed by atoms with Crippen LogP contribution in [0.4, 0.5) is 0 Å². The van der Waals surface area contributed by atoms with E-state index in [-0.39, 0.29) is 36.0 Å². The quantitative estimate of drug-likeness (QED) is 0.711. The number of hydrogen-bond donors (Lipinski definition) is 0. The van der Waals surface area contributed by atoms with E-state index in [0.29, 0.717) is 43.5 Å². The van der Waals surface area contributed by atoms with Gasteiger partial charge in [-0.1, -0.05) is 56.3 Å². The van der Waals surface area contributed by atoms with Gasteiger partial charge in [0.1, 0.15) is 0 Å². The first kappa shape index (κ1) is 20.2. The molecule has 1 aromatic carbocycles. The number of carbonyl (C=O) groups is 2. The zero-order chi connectivity index (χ0) is 20.1. The molecule has 1 fully saturated rings. The second-order valence-corrected chi connectivity index (χ2v) is 8.07. The molecule has 1 saturated heterocycles. The van der Waals surface area contributed by atoms with Crippen LogP contribution >= 0.6 is 0 Å². The summed E-state index contributed by atoms with van der Waals surface area (Å²) >= 11 is 0.